The zero-order chi connectivity index (χ0) is 20.3. The van der Waals surface area contributed by atoms with Crippen molar-refractivity contribution in [1.82, 2.24) is 4.90 Å². The molecule has 0 fully saturated rings. The van der Waals surface area contributed by atoms with E-state index in [0.717, 1.165) is 0 Å². The first-order valence-electron chi connectivity index (χ1n) is 8.77. The van der Waals surface area contributed by atoms with Crippen molar-refractivity contribution in [3.05, 3.63) is 12.2 Å². The molecule has 0 aromatic heterocycles. The Kier molecular flexibility index (Phi) is 6.49. The smallest absolute Gasteiger partial charge is 0.411 e. The van der Waals surface area contributed by atoms with Gasteiger partial charge in [0.25, 0.3) is 0 Å². The summed E-state index contributed by atoms with van der Waals surface area (Å²) in [6.45, 7) is 14.0. The molecule has 1 unspecified atom stereocenters. The number of carbonyl (C=O) groups is 3. The molecule has 1 heterocycles. The topological polar surface area (TPSA) is 82.1 Å². The summed E-state index contributed by atoms with van der Waals surface area (Å²) in [6, 6.07) is 0. The van der Waals surface area contributed by atoms with E-state index in [4.69, 9.17) is 14.2 Å². The summed E-state index contributed by atoms with van der Waals surface area (Å²) < 4.78 is 16.1. The molecule has 1 rings (SSSR count). The third-order valence-electron chi connectivity index (χ3n) is 3.31. The average Bonchev–Trinajstić information content (AvgIpc) is 2.78. The highest BCUT2D eigenvalue weighted by Gasteiger charge is 2.52. The normalized spacial score (nSPS) is 20.3. The molecule has 0 aliphatic carbocycles. The standard InChI is InChI=1S/C19H31NO6/c1-13(2)24-15(22)19(12-14(21)25-17(3,4)5)10-9-11-20(19)16(23)26-18(6,7)8/h9-10,13H,11-12H2,1-8H3. The van der Waals surface area contributed by atoms with Crippen molar-refractivity contribution in [1.29, 1.82) is 0 Å². The fourth-order valence-corrected chi connectivity index (χ4v) is 2.48. The molecule has 0 aromatic carbocycles. The Labute approximate surface area is 155 Å². The number of hydrogen-bond donors (Lipinski definition) is 0. The Morgan fingerprint density at radius 2 is 1.58 bits per heavy atom. The molecule has 7 nitrogen and oxygen atoms in total. The van der Waals surface area contributed by atoms with Gasteiger partial charge in [-0.3, -0.25) is 9.69 Å². The first-order chi connectivity index (χ1) is 11.7. The summed E-state index contributed by atoms with van der Waals surface area (Å²) in [5, 5.41) is 0. The lowest BCUT2D eigenvalue weighted by atomic mass is 9.94. The summed E-state index contributed by atoms with van der Waals surface area (Å²) in [5.74, 6) is -1.28. The van der Waals surface area contributed by atoms with Crippen molar-refractivity contribution < 1.29 is 28.6 Å². The van der Waals surface area contributed by atoms with Crippen molar-refractivity contribution in [2.45, 2.75) is 84.7 Å². The van der Waals surface area contributed by atoms with Gasteiger partial charge in [0.2, 0.25) is 0 Å². The third kappa shape index (κ3) is 6.04. The molecule has 7 heteroatoms. The van der Waals surface area contributed by atoms with Gasteiger partial charge in [-0.15, -0.1) is 0 Å². The van der Waals surface area contributed by atoms with Gasteiger partial charge >= 0.3 is 18.0 Å². The molecule has 0 N–H and O–H groups in total. The van der Waals surface area contributed by atoms with Gasteiger partial charge < -0.3 is 14.2 Å². The molecule has 0 saturated carbocycles. The third-order valence-corrected chi connectivity index (χ3v) is 3.31. The maximum absolute atomic E-state index is 12.8. The number of carbonyl (C=O) groups excluding carboxylic acids is 3. The van der Waals surface area contributed by atoms with Gasteiger partial charge in [-0.1, -0.05) is 6.08 Å². The number of rotatable bonds is 4. The molecule has 1 amide bonds. The predicted octanol–water partition coefficient (Wildman–Crippen LogP) is 3.22. The molecule has 0 radical (unpaired) electrons. The van der Waals surface area contributed by atoms with Crippen LogP contribution in [-0.4, -0.2) is 52.3 Å². The van der Waals surface area contributed by atoms with E-state index in [0.29, 0.717) is 0 Å². The SMILES string of the molecule is CC(C)OC(=O)C1(CC(=O)OC(C)(C)C)C=CCN1C(=O)OC(C)(C)C. The van der Waals surface area contributed by atoms with Crippen LogP contribution in [0.5, 0.6) is 0 Å². The van der Waals surface area contributed by atoms with Gasteiger partial charge in [0.05, 0.1) is 12.5 Å². The van der Waals surface area contributed by atoms with Crippen LogP contribution in [0.3, 0.4) is 0 Å². The minimum atomic E-state index is -1.57. The molecule has 26 heavy (non-hydrogen) atoms. The monoisotopic (exact) mass is 369 g/mol. The predicted molar refractivity (Wildman–Crippen MR) is 96.5 cm³/mol. The average molecular weight is 369 g/mol. The molecule has 1 atom stereocenters. The molecule has 0 spiro atoms. The Balaban J connectivity index is 3.18. The van der Waals surface area contributed by atoms with Crippen LogP contribution in [0, 0.1) is 0 Å². The van der Waals surface area contributed by atoms with E-state index >= 15 is 0 Å². The second-order valence-corrected chi connectivity index (χ2v) is 8.63. The Hall–Kier alpha value is -2.05. The van der Waals surface area contributed by atoms with Crippen molar-refractivity contribution in [3.8, 4) is 0 Å². The quantitative estimate of drug-likeness (QED) is 0.430. The van der Waals surface area contributed by atoms with Crippen molar-refractivity contribution >= 4 is 18.0 Å². The zero-order valence-corrected chi connectivity index (χ0v) is 17.0. The summed E-state index contributed by atoms with van der Waals surface area (Å²) >= 11 is 0. The van der Waals surface area contributed by atoms with Gasteiger partial charge in [-0.2, -0.15) is 0 Å². The van der Waals surface area contributed by atoms with Crippen LogP contribution in [-0.2, 0) is 23.8 Å². The van der Waals surface area contributed by atoms with E-state index in [2.05, 4.69) is 0 Å². The highest BCUT2D eigenvalue weighted by atomic mass is 16.6. The van der Waals surface area contributed by atoms with E-state index in [1.807, 2.05) is 0 Å². The highest BCUT2D eigenvalue weighted by molar-refractivity contribution is 5.93. The fourth-order valence-electron chi connectivity index (χ4n) is 2.48. The van der Waals surface area contributed by atoms with Crippen LogP contribution < -0.4 is 0 Å². The van der Waals surface area contributed by atoms with E-state index < -0.39 is 40.9 Å². The minimum absolute atomic E-state index is 0.144. The summed E-state index contributed by atoms with van der Waals surface area (Å²) in [6.07, 6.45) is 1.74. The summed E-state index contributed by atoms with van der Waals surface area (Å²) in [7, 11) is 0. The van der Waals surface area contributed by atoms with Crippen molar-refractivity contribution in [2.75, 3.05) is 6.54 Å². The molecule has 1 aliphatic heterocycles. The Morgan fingerprint density at radius 3 is 2.04 bits per heavy atom. The fraction of sp³-hybridized carbons (Fsp3) is 0.737. The molecule has 1 aliphatic rings. The van der Waals surface area contributed by atoms with Crippen LogP contribution in [0.4, 0.5) is 4.79 Å². The maximum atomic E-state index is 12.8. The van der Waals surface area contributed by atoms with Gasteiger partial charge in [-0.05, 0) is 61.5 Å². The summed E-state index contributed by atoms with van der Waals surface area (Å²) in [4.78, 5) is 39.1. The van der Waals surface area contributed by atoms with Gasteiger partial charge in [0.1, 0.15) is 11.2 Å². The van der Waals surface area contributed by atoms with Crippen LogP contribution in [0.15, 0.2) is 12.2 Å². The number of ether oxygens (including phenoxy) is 3. The zero-order valence-electron chi connectivity index (χ0n) is 17.0. The lowest BCUT2D eigenvalue weighted by molar-refractivity contribution is -0.167. The van der Waals surface area contributed by atoms with Gasteiger partial charge in [0, 0.05) is 6.54 Å². The van der Waals surface area contributed by atoms with E-state index in [1.54, 1.807) is 61.5 Å². The molecule has 0 aromatic rings. The lowest BCUT2D eigenvalue weighted by Crippen LogP contribution is -2.56. The lowest BCUT2D eigenvalue weighted by Gasteiger charge is -2.37. The van der Waals surface area contributed by atoms with Gasteiger partial charge in [-0.25, -0.2) is 9.59 Å². The second kappa shape index (κ2) is 7.68. The van der Waals surface area contributed by atoms with Crippen molar-refractivity contribution in [2.24, 2.45) is 0 Å². The Bertz CT molecular complexity index is 582. The van der Waals surface area contributed by atoms with E-state index in [1.165, 1.54) is 11.0 Å². The van der Waals surface area contributed by atoms with Crippen LogP contribution in [0.1, 0.15) is 61.8 Å². The van der Waals surface area contributed by atoms with E-state index in [-0.39, 0.29) is 13.0 Å². The first-order valence-corrected chi connectivity index (χ1v) is 8.77. The van der Waals surface area contributed by atoms with Crippen LogP contribution >= 0.6 is 0 Å². The number of amides is 1. The maximum Gasteiger partial charge on any atom is 0.411 e. The van der Waals surface area contributed by atoms with Crippen molar-refractivity contribution in [3.63, 3.8) is 0 Å². The molecular weight excluding hydrogens is 338 g/mol. The van der Waals surface area contributed by atoms with E-state index in [9.17, 15) is 14.4 Å². The minimum Gasteiger partial charge on any atom is -0.461 e. The van der Waals surface area contributed by atoms with Gasteiger partial charge in [0.15, 0.2) is 5.54 Å². The molecule has 0 saturated heterocycles. The highest BCUT2D eigenvalue weighted by Crippen LogP contribution is 2.32. The Morgan fingerprint density at radius 1 is 1.04 bits per heavy atom. The number of nitrogens with zero attached hydrogens (tertiary/aromatic N) is 1. The number of esters is 2. The summed E-state index contributed by atoms with van der Waals surface area (Å²) in [5.41, 5.74) is -3.02. The molecule has 0 bridgehead atoms. The molecular formula is C19H31NO6. The van der Waals surface area contributed by atoms with Crippen LogP contribution in [0.25, 0.3) is 0 Å². The first kappa shape index (κ1) is 22.0. The molecule has 148 valence electrons. The second-order valence-electron chi connectivity index (χ2n) is 8.63. The largest absolute Gasteiger partial charge is 0.461 e. The van der Waals surface area contributed by atoms with Crippen LogP contribution in [0.2, 0.25) is 0 Å². The number of hydrogen-bond acceptors (Lipinski definition) is 6.